The molecule has 0 saturated carbocycles. The van der Waals surface area contributed by atoms with Crippen LogP contribution in [0.25, 0.3) is 0 Å². The van der Waals surface area contributed by atoms with Gasteiger partial charge < -0.3 is 14.8 Å². The van der Waals surface area contributed by atoms with Crippen LogP contribution >= 0.6 is 34.8 Å². The SMILES string of the molecule is CC(Nc1cc(Cl)c(Cl)cc1Cl)c1ccc2c(c1)OCO2. The number of ether oxygens (including phenoxy) is 2. The second-order valence-electron chi connectivity index (χ2n) is 4.72. The fourth-order valence-corrected chi connectivity index (χ4v) is 2.73. The van der Waals surface area contributed by atoms with Crippen LogP contribution in [-0.2, 0) is 0 Å². The molecule has 2 aromatic carbocycles. The minimum atomic E-state index is 0.0224. The van der Waals surface area contributed by atoms with Crippen LogP contribution in [-0.4, -0.2) is 6.79 Å². The lowest BCUT2D eigenvalue weighted by Crippen LogP contribution is -2.07. The molecule has 2 aromatic rings. The van der Waals surface area contributed by atoms with Gasteiger partial charge in [0.15, 0.2) is 11.5 Å². The van der Waals surface area contributed by atoms with Crippen LogP contribution < -0.4 is 14.8 Å². The molecule has 1 aliphatic rings. The molecule has 0 aliphatic carbocycles. The molecule has 0 aromatic heterocycles. The van der Waals surface area contributed by atoms with Gasteiger partial charge in [0.25, 0.3) is 0 Å². The molecule has 1 heterocycles. The van der Waals surface area contributed by atoms with Gasteiger partial charge in [0.05, 0.1) is 20.8 Å². The lowest BCUT2D eigenvalue weighted by atomic mass is 10.1. The van der Waals surface area contributed by atoms with Crippen molar-refractivity contribution in [1.82, 2.24) is 0 Å². The molecule has 0 bridgehead atoms. The first-order valence-electron chi connectivity index (χ1n) is 6.35. The Morgan fingerprint density at radius 3 is 2.48 bits per heavy atom. The minimum absolute atomic E-state index is 0.0224. The van der Waals surface area contributed by atoms with Crippen molar-refractivity contribution >= 4 is 40.5 Å². The van der Waals surface area contributed by atoms with Crippen LogP contribution in [0.4, 0.5) is 5.69 Å². The highest BCUT2D eigenvalue weighted by molar-refractivity contribution is 6.44. The molecule has 0 saturated heterocycles. The minimum Gasteiger partial charge on any atom is -0.454 e. The summed E-state index contributed by atoms with van der Waals surface area (Å²) >= 11 is 18.1. The number of benzene rings is 2. The Morgan fingerprint density at radius 1 is 0.952 bits per heavy atom. The standard InChI is InChI=1S/C15H12Cl3NO2/c1-8(9-2-3-14-15(4-9)21-7-20-14)19-13-6-11(17)10(16)5-12(13)18/h2-6,8,19H,7H2,1H3. The molecule has 0 amide bonds. The summed E-state index contributed by atoms with van der Waals surface area (Å²) in [5, 5.41) is 4.73. The fourth-order valence-electron chi connectivity index (χ4n) is 2.13. The first-order chi connectivity index (χ1) is 10.0. The zero-order valence-corrected chi connectivity index (χ0v) is 13.4. The zero-order valence-electron chi connectivity index (χ0n) is 11.1. The van der Waals surface area contributed by atoms with E-state index in [9.17, 15) is 0 Å². The van der Waals surface area contributed by atoms with Crippen LogP contribution in [0.15, 0.2) is 30.3 Å². The van der Waals surface area contributed by atoms with E-state index in [0.717, 1.165) is 22.7 Å². The van der Waals surface area contributed by atoms with Crippen molar-refractivity contribution in [2.45, 2.75) is 13.0 Å². The van der Waals surface area contributed by atoms with Crippen LogP contribution in [0, 0.1) is 0 Å². The summed E-state index contributed by atoms with van der Waals surface area (Å²) < 4.78 is 10.7. The summed E-state index contributed by atoms with van der Waals surface area (Å²) in [7, 11) is 0. The van der Waals surface area contributed by atoms with E-state index in [0.29, 0.717) is 15.1 Å². The number of hydrogen-bond donors (Lipinski definition) is 1. The van der Waals surface area contributed by atoms with Gasteiger partial charge in [-0.05, 0) is 36.8 Å². The average Bonchev–Trinajstić information content (AvgIpc) is 2.92. The van der Waals surface area contributed by atoms with Gasteiger partial charge in [0, 0.05) is 6.04 Å². The average molecular weight is 345 g/mol. The Morgan fingerprint density at radius 2 is 1.67 bits per heavy atom. The molecule has 110 valence electrons. The van der Waals surface area contributed by atoms with Gasteiger partial charge in [-0.1, -0.05) is 40.9 Å². The molecule has 1 atom stereocenters. The molecule has 1 unspecified atom stereocenters. The highest BCUT2D eigenvalue weighted by Crippen LogP contribution is 2.37. The normalized spacial score (nSPS) is 14.1. The van der Waals surface area contributed by atoms with Crippen LogP contribution in [0.3, 0.4) is 0 Å². The van der Waals surface area contributed by atoms with Crippen LogP contribution in [0.2, 0.25) is 15.1 Å². The monoisotopic (exact) mass is 343 g/mol. The predicted octanol–water partition coefficient (Wildman–Crippen LogP) is 5.55. The van der Waals surface area contributed by atoms with Crippen molar-refractivity contribution in [1.29, 1.82) is 0 Å². The molecule has 3 rings (SSSR count). The number of nitrogens with one attached hydrogen (secondary N) is 1. The molecule has 1 N–H and O–H groups in total. The Bertz CT molecular complexity index is 691. The fraction of sp³-hybridized carbons (Fsp3) is 0.200. The quantitative estimate of drug-likeness (QED) is 0.741. The van der Waals surface area contributed by atoms with Gasteiger partial charge in [-0.15, -0.1) is 0 Å². The van der Waals surface area contributed by atoms with Crippen LogP contribution in [0.5, 0.6) is 11.5 Å². The van der Waals surface area contributed by atoms with Gasteiger partial charge in [0.2, 0.25) is 6.79 Å². The summed E-state index contributed by atoms with van der Waals surface area (Å²) in [6.45, 7) is 2.29. The number of halogens is 3. The molecule has 0 spiro atoms. The molecule has 1 aliphatic heterocycles. The second-order valence-corrected chi connectivity index (χ2v) is 5.95. The maximum Gasteiger partial charge on any atom is 0.231 e. The Kier molecular flexibility index (Phi) is 4.07. The first kappa shape index (κ1) is 14.6. The summed E-state index contributed by atoms with van der Waals surface area (Å²) in [4.78, 5) is 0. The van der Waals surface area contributed by atoms with Crippen molar-refractivity contribution < 1.29 is 9.47 Å². The van der Waals surface area contributed by atoms with Crippen molar-refractivity contribution in [2.24, 2.45) is 0 Å². The topological polar surface area (TPSA) is 30.5 Å². The zero-order chi connectivity index (χ0) is 15.0. The van der Waals surface area contributed by atoms with Gasteiger partial charge >= 0.3 is 0 Å². The number of rotatable bonds is 3. The maximum absolute atomic E-state index is 6.18. The lowest BCUT2D eigenvalue weighted by Gasteiger charge is -2.17. The Balaban J connectivity index is 1.83. The number of fused-ring (bicyclic) bond motifs is 1. The smallest absolute Gasteiger partial charge is 0.231 e. The van der Waals surface area contributed by atoms with E-state index in [4.69, 9.17) is 44.3 Å². The summed E-state index contributed by atoms with van der Waals surface area (Å²) in [5.41, 5.74) is 1.79. The van der Waals surface area contributed by atoms with Crippen molar-refractivity contribution in [3.05, 3.63) is 51.0 Å². The van der Waals surface area contributed by atoms with Gasteiger partial charge in [0.1, 0.15) is 0 Å². The Hall–Kier alpha value is -1.29. The van der Waals surface area contributed by atoms with Gasteiger partial charge in [-0.3, -0.25) is 0 Å². The highest BCUT2D eigenvalue weighted by atomic mass is 35.5. The molecular weight excluding hydrogens is 333 g/mol. The summed E-state index contributed by atoms with van der Waals surface area (Å²) in [6, 6.07) is 9.19. The van der Waals surface area contributed by atoms with E-state index in [1.807, 2.05) is 25.1 Å². The third-order valence-electron chi connectivity index (χ3n) is 3.28. The number of anilines is 1. The molecular formula is C15H12Cl3NO2. The molecule has 0 radical (unpaired) electrons. The highest BCUT2D eigenvalue weighted by Gasteiger charge is 2.16. The predicted molar refractivity (Wildman–Crippen MR) is 86.1 cm³/mol. The third-order valence-corrected chi connectivity index (χ3v) is 4.31. The number of hydrogen-bond acceptors (Lipinski definition) is 3. The van der Waals surface area contributed by atoms with Crippen molar-refractivity contribution in [3.8, 4) is 11.5 Å². The summed E-state index contributed by atoms with van der Waals surface area (Å²) in [5.74, 6) is 1.51. The van der Waals surface area contributed by atoms with Crippen LogP contribution in [0.1, 0.15) is 18.5 Å². The van der Waals surface area contributed by atoms with Crippen molar-refractivity contribution in [3.63, 3.8) is 0 Å². The first-order valence-corrected chi connectivity index (χ1v) is 7.48. The van der Waals surface area contributed by atoms with Gasteiger partial charge in [-0.2, -0.15) is 0 Å². The molecule has 0 fully saturated rings. The maximum atomic E-state index is 6.18. The Labute approximate surface area is 137 Å². The molecule has 3 nitrogen and oxygen atoms in total. The van der Waals surface area contributed by atoms with Crippen molar-refractivity contribution in [2.75, 3.05) is 12.1 Å². The molecule has 21 heavy (non-hydrogen) atoms. The lowest BCUT2D eigenvalue weighted by molar-refractivity contribution is 0.174. The summed E-state index contributed by atoms with van der Waals surface area (Å²) in [6.07, 6.45) is 0. The van der Waals surface area contributed by atoms with E-state index in [2.05, 4.69) is 5.32 Å². The second kappa shape index (κ2) is 5.84. The van der Waals surface area contributed by atoms with E-state index in [1.54, 1.807) is 12.1 Å². The van der Waals surface area contributed by atoms with E-state index in [1.165, 1.54) is 0 Å². The van der Waals surface area contributed by atoms with E-state index < -0.39 is 0 Å². The van der Waals surface area contributed by atoms with Gasteiger partial charge in [-0.25, -0.2) is 0 Å². The van der Waals surface area contributed by atoms with E-state index >= 15 is 0 Å². The largest absolute Gasteiger partial charge is 0.454 e. The third kappa shape index (κ3) is 3.00. The van der Waals surface area contributed by atoms with E-state index in [-0.39, 0.29) is 12.8 Å². The molecule has 6 heteroatoms.